The second kappa shape index (κ2) is 8.07. The minimum Gasteiger partial charge on any atom is -0.379 e. The largest absolute Gasteiger partial charge is 0.379 e. The van der Waals surface area contributed by atoms with Gasteiger partial charge in [-0.2, -0.15) is 4.31 Å². The molecular weight excluding hydrogens is 412 g/mol. The normalized spacial score (nSPS) is 19.3. The predicted octanol–water partition coefficient (Wildman–Crippen LogP) is 3.42. The van der Waals surface area contributed by atoms with Gasteiger partial charge in [-0.15, -0.1) is 0 Å². The molecule has 2 aliphatic rings. The molecule has 1 amide bonds. The van der Waals surface area contributed by atoms with Crippen LogP contribution in [0.1, 0.15) is 24.8 Å². The summed E-state index contributed by atoms with van der Waals surface area (Å²) in [4.78, 5) is 13.3. The molecule has 1 saturated heterocycles. The Morgan fingerprint density at radius 2 is 1.76 bits per heavy atom. The zero-order chi connectivity index (χ0) is 20.5. The van der Waals surface area contributed by atoms with Crippen LogP contribution in [0.25, 0.3) is 0 Å². The second-order valence-electron chi connectivity index (χ2n) is 7.44. The van der Waals surface area contributed by atoms with Crippen molar-refractivity contribution >= 4 is 33.2 Å². The molecule has 2 fully saturated rings. The Bertz CT molecular complexity index is 998. The van der Waals surface area contributed by atoms with Crippen molar-refractivity contribution in [1.29, 1.82) is 0 Å². The smallest absolute Gasteiger partial charge is 0.243 e. The summed E-state index contributed by atoms with van der Waals surface area (Å²) in [5.74, 6) is -0.119. The second-order valence-corrected chi connectivity index (χ2v) is 9.82. The number of benzene rings is 2. The van der Waals surface area contributed by atoms with Gasteiger partial charge in [0.2, 0.25) is 15.9 Å². The van der Waals surface area contributed by atoms with Crippen LogP contribution < -0.4 is 5.32 Å². The van der Waals surface area contributed by atoms with E-state index in [1.165, 1.54) is 10.4 Å². The lowest BCUT2D eigenvalue weighted by Crippen LogP contribution is -2.46. The zero-order valence-corrected chi connectivity index (χ0v) is 17.5. The van der Waals surface area contributed by atoms with Crippen LogP contribution in [-0.2, 0) is 25.0 Å². The molecule has 0 atom stereocenters. The van der Waals surface area contributed by atoms with Gasteiger partial charge in [0.1, 0.15) is 0 Å². The third-order valence-electron chi connectivity index (χ3n) is 5.74. The van der Waals surface area contributed by atoms with Crippen LogP contribution in [0.3, 0.4) is 0 Å². The molecule has 0 spiro atoms. The van der Waals surface area contributed by atoms with Crippen molar-refractivity contribution in [3.63, 3.8) is 0 Å². The molecule has 0 aromatic heterocycles. The predicted molar refractivity (Wildman–Crippen MR) is 112 cm³/mol. The highest BCUT2D eigenvalue weighted by molar-refractivity contribution is 7.89. The molecule has 154 valence electrons. The molecule has 0 unspecified atom stereocenters. The van der Waals surface area contributed by atoms with E-state index in [9.17, 15) is 13.2 Å². The lowest BCUT2D eigenvalue weighted by atomic mass is 9.64. The molecular formula is C21H23ClN2O4S. The summed E-state index contributed by atoms with van der Waals surface area (Å²) in [6, 6.07) is 13.8. The van der Waals surface area contributed by atoms with Crippen molar-refractivity contribution in [1.82, 2.24) is 4.31 Å². The van der Waals surface area contributed by atoms with Crippen molar-refractivity contribution in [2.75, 3.05) is 31.6 Å². The highest BCUT2D eigenvalue weighted by Gasteiger charge is 2.45. The molecule has 2 aromatic rings. The Kier molecular flexibility index (Phi) is 5.66. The first kappa shape index (κ1) is 20.3. The molecule has 1 N–H and O–H groups in total. The number of anilines is 1. The van der Waals surface area contributed by atoms with Gasteiger partial charge >= 0.3 is 0 Å². The Morgan fingerprint density at radius 1 is 1.07 bits per heavy atom. The van der Waals surface area contributed by atoms with Crippen LogP contribution in [0.5, 0.6) is 0 Å². The highest BCUT2D eigenvalue weighted by Crippen LogP contribution is 2.45. The summed E-state index contributed by atoms with van der Waals surface area (Å²) in [7, 11) is -3.62. The molecule has 1 aliphatic carbocycles. The fraction of sp³-hybridized carbons (Fsp3) is 0.381. The zero-order valence-electron chi connectivity index (χ0n) is 15.9. The van der Waals surface area contributed by atoms with Gasteiger partial charge < -0.3 is 10.1 Å². The number of nitrogens with zero attached hydrogens (tertiary/aromatic N) is 1. The van der Waals surface area contributed by atoms with Crippen molar-refractivity contribution < 1.29 is 17.9 Å². The van der Waals surface area contributed by atoms with Gasteiger partial charge in [-0.25, -0.2) is 8.42 Å². The Labute approximate surface area is 175 Å². The van der Waals surface area contributed by atoms with E-state index >= 15 is 0 Å². The summed E-state index contributed by atoms with van der Waals surface area (Å²) in [6.45, 7) is 1.44. The van der Waals surface area contributed by atoms with Gasteiger partial charge in [0.25, 0.3) is 0 Å². The van der Waals surface area contributed by atoms with E-state index in [-0.39, 0.29) is 10.8 Å². The summed E-state index contributed by atoms with van der Waals surface area (Å²) in [5.41, 5.74) is 0.816. The fourth-order valence-electron chi connectivity index (χ4n) is 3.87. The van der Waals surface area contributed by atoms with Crippen molar-refractivity contribution in [3.8, 4) is 0 Å². The number of morpholine rings is 1. The van der Waals surface area contributed by atoms with Crippen molar-refractivity contribution in [2.24, 2.45) is 0 Å². The molecule has 1 heterocycles. The maximum Gasteiger partial charge on any atom is 0.243 e. The SMILES string of the molecule is O=C(Nc1cccc(S(=O)(=O)N2CCOCC2)c1)C1(c2ccc(Cl)cc2)CCC1. The summed E-state index contributed by atoms with van der Waals surface area (Å²) in [6.07, 6.45) is 2.49. The molecule has 29 heavy (non-hydrogen) atoms. The number of sulfonamides is 1. The van der Waals surface area contributed by atoms with E-state index < -0.39 is 15.4 Å². The maximum atomic E-state index is 13.1. The van der Waals surface area contributed by atoms with Crippen LogP contribution in [0, 0.1) is 0 Å². The third kappa shape index (κ3) is 3.92. The van der Waals surface area contributed by atoms with Gasteiger partial charge in [0.15, 0.2) is 0 Å². The summed E-state index contributed by atoms with van der Waals surface area (Å²) in [5, 5.41) is 3.56. The number of hydrogen-bond donors (Lipinski definition) is 1. The van der Waals surface area contributed by atoms with Gasteiger partial charge in [-0.05, 0) is 48.7 Å². The molecule has 1 aliphatic heterocycles. The van der Waals surface area contributed by atoms with Crippen LogP contribution in [0.15, 0.2) is 53.4 Å². The lowest BCUT2D eigenvalue weighted by Gasteiger charge is -2.40. The Morgan fingerprint density at radius 3 is 2.38 bits per heavy atom. The van der Waals surface area contributed by atoms with E-state index in [0.29, 0.717) is 37.0 Å². The highest BCUT2D eigenvalue weighted by atomic mass is 35.5. The van der Waals surface area contributed by atoms with Crippen LogP contribution in [-0.4, -0.2) is 44.9 Å². The van der Waals surface area contributed by atoms with Gasteiger partial charge in [-0.1, -0.05) is 36.2 Å². The average molecular weight is 435 g/mol. The first-order chi connectivity index (χ1) is 13.9. The first-order valence-electron chi connectivity index (χ1n) is 9.67. The quantitative estimate of drug-likeness (QED) is 0.782. The summed E-state index contributed by atoms with van der Waals surface area (Å²) < 4.78 is 32.4. The molecule has 6 nitrogen and oxygen atoms in total. The number of rotatable bonds is 5. The van der Waals surface area contributed by atoms with Crippen LogP contribution >= 0.6 is 11.6 Å². The Balaban J connectivity index is 1.56. The Hall–Kier alpha value is -1.93. The molecule has 1 saturated carbocycles. The number of amides is 1. The van der Waals surface area contributed by atoms with Gasteiger partial charge in [-0.3, -0.25) is 4.79 Å². The maximum absolute atomic E-state index is 13.1. The third-order valence-corrected chi connectivity index (χ3v) is 7.88. The number of ether oxygens (including phenoxy) is 1. The van der Waals surface area contributed by atoms with Crippen molar-refractivity contribution in [2.45, 2.75) is 29.6 Å². The number of nitrogens with one attached hydrogen (secondary N) is 1. The number of halogens is 1. The van der Waals surface area contributed by atoms with E-state index in [1.54, 1.807) is 30.3 Å². The molecule has 2 aromatic carbocycles. The van der Waals surface area contributed by atoms with E-state index in [2.05, 4.69) is 5.32 Å². The van der Waals surface area contributed by atoms with Crippen molar-refractivity contribution in [3.05, 3.63) is 59.1 Å². The lowest BCUT2D eigenvalue weighted by molar-refractivity contribution is -0.124. The molecule has 8 heteroatoms. The number of carbonyl (C=O) groups is 1. The molecule has 0 bridgehead atoms. The van der Waals surface area contributed by atoms with Gasteiger partial charge in [0, 0.05) is 23.8 Å². The van der Waals surface area contributed by atoms with Crippen LogP contribution in [0.4, 0.5) is 5.69 Å². The topological polar surface area (TPSA) is 75.7 Å². The number of carbonyl (C=O) groups excluding carboxylic acids is 1. The number of hydrogen-bond acceptors (Lipinski definition) is 4. The van der Waals surface area contributed by atoms with E-state index in [0.717, 1.165) is 24.8 Å². The standard InChI is InChI=1S/C21H23ClN2O4S/c22-17-7-5-16(6-8-17)21(9-2-10-21)20(25)23-18-3-1-4-19(15-18)29(26,27)24-11-13-28-14-12-24/h1,3-8,15H,2,9-14H2,(H,23,25). The van der Waals surface area contributed by atoms with E-state index in [1.807, 2.05) is 12.1 Å². The molecule has 4 rings (SSSR count). The molecule has 0 radical (unpaired) electrons. The average Bonchev–Trinajstić information content (AvgIpc) is 2.69. The summed E-state index contributed by atoms with van der Waals surface area (Å²) >= 11 is 5.99. The van der Waals surface area contributed by atoms with E-state index in [4.69, 9.17) is 16.3 Å². The van der Waals surface area contributed by atoms with Gasteiger partial charge in [0.05, 0.1) is 23.5 Å². The monoisotopic (exact) mass is 434 g/mol. The minimum absolute atomic E-state index is 0.119. The minimum atomic E-state index is -3.62. The van der Waals surface area contributed by atoms with Crippen LogP contribution in [0.2, 0.25) is 5.02 Å². The fourth-order valence-corrected chi connectivity index (χ4v) is 5.45. The first-order valence-corrected chi connectivity index (χ1v) is 11.5.